The normalized spacial score (nSPS) is 13.1. The van der Waals surface area contributed by atoms with Crippen LogP contribution in [-0.4, -0.2) is 0 Å². The van der Waals surface area contributed by atoms with Crippen LogP contribution in [0.2, 0.25) is 0 Å². The van der Waals surface area contributed by atoms with Crippen LogP contribution in [0, 0.1) is 0 Å². The summed E-state index contributed by atoms with van der Waals surface area (Å²) < 4.78 is 37.4. The molecular formula is C15H14F3N. The van der Waals surface area contributed by atoms with E-state index in [2.05, 4.69) is 5.32 Å². The van der Waals surface area contributed by atoms with E-state index < -0.39 is 11.7 Å². The predicted octanol–water partition coefficient (Wildman–Crippen LogP) is 4.88. The van der Waals surface area contributed by atoms with Gasteiger partial charge in [-0.3, -0.25) is 0 Å². The van der Waals surface area contributed by atoms with Gasteiger partial charge in [0, 0.05) is 11.7 Å². The van der Waals surface area contributed by atoms with Crippen LogP contribution < -0.4 is 5.32 Å². The summed E-state index contributed by atoms with van der Waals surface area (Å²) in [6.07, 6.45) is -4.28. The molecule has 0 aliphatic carbocycles. The van der Waals surface area contributed by atoms with E-state index in [1.165, 1.54) is 12.1 Å². The molecule has 1 nitrogen and oxygen atoms in total. The van der Waals surface area contributed by atoms with E-state index in [0.29, 0.717) is 0 Å². The Labute approximate surface area is 110 Å². The molecule has 0 aromatic heterocycles. The third kappa shape index (κ3) is 3.50. The van der Waals surface area contributed by atoms with Gasteiger partial charge in [0.25, 0.3) is 0 Å². The second-order valence-corrected chi connectivity index (χ2v) is 4.35. The smallest absolute Gasteiger partial charge is 0.379 e. The molecule has 0 heterocycles. The molecule has 0 aliphatic rings. The van der Waals surface area contributed by atoms with Crippen molar-refractivity contribution < 1.29 is 13.2 Å². The van der Waals surface area contributed by atoms with E-state index in [-0.39, 0.29) is 6.04 Å². The molecule has 0 fully saturated rings. The lowest BCUT2D eigenvalue weighted by Crippen LogP contribution is -2.08. The third-order valence-electron chi connectivity index (χ3n) is 2.89. The van der Waals surface area contributed by atoms with Crippen LogP contribution in [0.15, 0.2) is 54.6 Å². The van der Waals surface area contributed by atoms with Gasteiger partial charge in [0.1, 0.15) is 0 Å². The first-order valence-corrected chi connectivity index (χ1v) is 5.95. The van der Waals surface area contributed by atoms with Crippen LogP contribution in [0.25, 0.3) is 0 Å². The van der Waals surface area contributed by atoms with Crippen molar-refractivity contribution in [2.45, 2.75) is 19.1 Å². The molecule has 19 heavy (non-hydrogen) atoms. The molecule has 1 atom stereocenters. The minimum absolute atomic E-state index is 0.0512. The van der Waals surface area contributed by atoms with Gasteiger partial charge in [-0.25, -0.2) is 0 Å². The molecule has 0 unspecified atom stereocenters. The third-order valence-corrected chi connectivity index (χ3v) is 2.89. The Morgan fingerprint density at radius 2 is 1.47 bits per heavy atom. The standard InChI is InChI=1S/C15H14F3N/c1-11(19-14-5-3-2-4-6-14)12-7-9-13(10-8-12)15(16,17)18/h2-11,19H,1H3/t11-/m0/s1. The summed E-state index contributed by atoms with van der Waals surface area (Å²) in [5.41, 5.74) is 1.13. The minimum Gasteiger partial charge on any atom is -0.379 e. The zero-order valence-corrected chi connectivity index (χ0v) is 10.4. The second kappa shape index (κ2) is 5.34. The molecule has 2 rings (SSSR count). The number of alkyl halides is 3. The van der Waals surface area contributed by atoms with Gasteiger partial charge in [-0.05, 0) is 36.8 Å². The lowest BCUT2D eigenvalue weighted by Gasteiger charge is -2.16. The summed E-state index contributed by atoms with van der Waals surface area (Å²) in [4.78, 5) is 0. The number of nitrogens with one attached hydrogen (secondary N) is 1. The van der Waals surface area contributed by atoms with E-state index in [9.17, 15) is 13.2 Å². The molecule has 4 heteroatoms. The largest absolute Gasteiger partial charge is 0.416 e. The predicted molar refractivity (Wildman–Crippen MR) is 69.9 cm³/mol. The van der Waals surface area contributed by atoms with E-state index in [1.807, 2.05) is 37.3 Å². The van der Waals surface area contributed by atoms with E-state index in [0.717, 1.165) is 23.4 Å². The van der Waals surface area contributed by atoms with Crippen molar-refractivity contribution in [1.29, 1.82) is 0 Å². The summed E-state index contributed by atoms with van der Waals surface area (Å²) in [6.45, 7) is 1.91. The van der Waals surface area contributed by atoms with Gasteiger partial charge in [-0.2, -0.15) is 13.2 Å². The van der Waals surface area contributed by atoms with Gasteiger partial charge >= 0.3 is 6.18 Å². The summed E-state index contributed by atoms with van der Waals surface area (Å²) in [7, 11) is 0. The van der Waals surface area contributed by atoms with Gasteiger partial charge in [-0.15, -0.1) is 0 Å². The van der Waals surface area contributed by atoms with Gasteiger partial charge in [0.2, 0.25) is 0 Å². The Kier molecular flexibility index (Phi) is 3.79. The van der Waals surface area contributed by atoms with Crippen molar-refractivity contribution in [3.63, 3.8) is 0 Å². The first-order chi connectivity index (χ1) is 8.97. The minimum atomic E-state index is -4.28. The summed E-state index contributed by atoms with van der Waals surface area (Å²) in [6, 6.07) is 14.7. The number of halogens is 3. The van der Waals surface area contributed by atoms with Gasteiger partial charge in [-0.1, -0.05) is 30.3 Å². The lowest BCUT2D eigenvalue weighted by molar-refractivity contribution is -0.137. The van der Waals surface area contributed by atoms with Crippen molar-refractivity contribution in [3.8, 4) is 0 Å². The van der Waals surface area contributed by atoms with Crippen LogP contribution in [0.1, 0.15) is 24.1 Å². The lowest BCUT2D eigenvalue weighted by atomic mass is 10.1. The summed E-state index contributed by atoms with van der Waals surface area (Å²) in [5.74, 6) is 0. The van der Waals surface area contributed by atoms with Gasteiger partial charge in [0.05, 0.1) is 5.56 Å². The van der Waals surface area contributed by atoms with Gasteiger partial charge in [0.15, 0.2) is 0 Å². The molecule has 2 aromatic rings. The molecule has 0 saturated carbocycles. The SMILES string of the molecule is C[C@H](Nc1ccccc1)c1ccc(C(F)(F)F)cc1. The zero-order chi connectivity index (χ0) is 13.9. The van der Waals surface area contributed by atoms with Crippen LogP contribution in [-0.2, 0) is 6.18 Å². The molecule has 0 aliphatic heterocycles. The number of anilines is 1. The molecule has 0 spiro atoms. The summed E-state index contributed by atoms with van der Waals surface area (Å²) >= 11 is 0. The fourth-order valence-electron chi connectivity index (χ4n) is 1.83. The van der Waals surface area contributed by atoms with E-state index in [4.69, 9.17) is 0 Å². The molecule has 0 bridgehead atoms. The topological polar surface area (TPSA) is 12.0 Å². The Morgan fingerprint density at radius 3 is 2.00 bits per heavy atom. The van der Waals surface area contributed by atoms with E-state index >= 15 is 0 Å². The Hall–Kier alpha value is -1.97. The molecule has 0 amide bonds. The van der Waals surface area contributed by atoms with Crippen LogP contribution in [0.5, 0.6) is 0 Å². The highest BCUT2D eigenvalue weighted by atomic mass is 19.4. The maximum absolute atomic E-state index is 12.5. The average molecular weight is 265 g/mol. The van der Waals surface area contributed by atoms with Gasteiger partial charge < -0.3 is 5.32 Å². The number of rotatable bonds is 3. The van der Waals surface area contributed by atoms with Crippen LogP contribution >= 0.6 is 0 Å². The average Bonchev–Trinajstić information content (AvgIpc) is 2.39. The number of hydrogen-bond donors (Lipinski definition) is 1. The Balaban J connectivity index is 2.10. The first-order valence-electron chi connectivity index (χ1n) is 5.95. The van der Waals surface area contributed by atoms with Crippen molar-refractivity contribution >= 4 is 5.69 Å². The van der Waals surface area contributed by atoms with Crippen molar-refractivity contribution in [1.82, 2.24) is 0 Å². The molecule has 0 radical (unpaired) electrons. The number of benzene rings is 2. The molecule has 2 aromatic carbocycles. The maximum Gasteiger partial charge on any atom is 0.416 e. The first kappa shape index (κ1) is 13.5. The summed E-state index contributed by atoms with van der Waals surface area (Å²) in [5, 5.41) is 3.24. The van der Waals surface area contributed by atoms with E-state index in [1.54, 1.807) is 0 Å². The molecule has 0 saturated heterocycles. The quantitative estimate of drug-likeness (QED) is 0.834. The Bertz CT molecular complexity index is 517. The molecule has 100 valence electrons. The molecule has 1 N–H and O–H groups in total. The fourth-order valence-corrected chi connectivity index (χ4v) is 1.83. The van der Waals surface area contributed by atoms with Crippen molar-refractivity contribution in [3.05, 3.63) is 65.7 Å². The molecular weight excluding hydrogens is 251 g/mol. The van der Waals surface area contributed by atoms with Crippen molar-refractivity contribution in [2.75, 3.05) is 5.32 Å². The number of hydrogen-bond acceptors (Lipinski definition) is 1. The Morgan fingerprint density at radius 1 is 0.895 bits per heavy atom. The van der Waals surface area contributed by atoms with Crippen LogP contribution in [0.4, 0.5) is 18.9 Å². The monoisotopic (exact) mass is 265 g/mol. The number of para-hydroxylation sites is 1. The van der Waals surface area contributed by atoms with Crippen LogP contribution in [0.3, 0.4) is 0 Å². The zero-order valence-electron chi connectivity index (χ0n) is 10.4. The fraction of sp³-hybridized carbons (Fsp3) is 0.200. The highest BCUT2D eigenvalue weighted by molar-refractivity contribution is 5.45. The second-order valence-electron chi connectivity index (χ2n) is 4.35. The van der Waals surface area contributed by atoms with Crippen molar-refractivity contribution in [2.24, 2.45) is 0 Å². The highest BCUT2D eigenvalue weighted by Gasteiger charge is 2.30. The maximum atomic E-state index is 12.5. The highest BCUT2D eigenvalue weighted by Crippen LogP contribution is 2.30.